The van der Waals surface area contributed by atoms with E-state index >= 15 is 0 Å². The molecule has 5 heteroatoms. The van der Waals surface area contributed by atoms with Crippen LogP contribution in [-0.2, 0) is 0 Å². The molecule has 0 radical (unpaired) electrons. The Hall–Kier alpha value is 0.0300. The van der Waals surface area contributed by atoms with Crippen LogP contribution in [0.25, 0.3) is 0 Å². The zero-order chi connectivity index (χ0) is 15.0. The van der Waals surface area contributed by atoms with Crippen LogP contribution in [0.1, 0.15) is 27.0 Å². The summed E-state index contributed by atoms with van der Waals surface area (Å²) in [7, 11) is 0. The van der Waals surface area contributed by atoms with Gasteiger partial charge in [-0.05, 0) is 101 Å². The highest BCUT2D eigenvalue weighted by Gasteiger charge is 2.19. The SMILES string of the molecule is Cc1ccc(C(=O)c2ccc(C)c(Br)c2Br)c(Br)c1Br. The average molecular weight is 526 g/mol. The lowest BCUT2D eigenvalue weighted by atomic mass is 10.0. The van der Waals surface area contributed by atoms with Crippen molar-refractivity contribution in [3.8, 4) is 0 Å². The lowest BCUT2D eigenvalue weighted by molar-refractivity contribution is 0.103. The van der Waals surface area contributed by atoms with Crippen LogP contribution in [-0.4, -0.2) is 5.78 Å². The molecule has 0 saturated heterocycles. The number of rotatable bonds is 2. The quantitative estimate of drug-likeness (QED) is 0.405. The molecule has 0 amide bonds. The normalized spacial score (nSPS) is 10.7. The standard InChI is InChI=1S/C15H10Br4O/c1-7-3-5-9(13(18)11(7)16)15(20)10-6-4-8(2)12(17)14(10)19/h3-6H,1-2H3. The van der Waals surface area contributed by atoms with Crippen LogP contribution >= 0.6 is 63.7 Å². The summed E-state index contributed by atoms with van der Waals surface area (Å²) >= 11 is 14.0. The Balaban J connectivity index is 2.58. The van der Waals surface area contributed by atoms with Gasteiger partial charge in [-0.3, -0.25) is 4.79 Å². The lowest BCUT2D eigenvalue weighted by Gasteiger charge is -2.11. The molecule has 2 aromatic rings. The molecular formula is C15H10Br4O. The van der Waals surface area contributed by atoms with Gasteiger partial charge in [-0.2, -0.15) is 0 Å². The third-order valence-electron chi connectivity index (χ3n) is 3.04. The Morgan fingerprint density at radius 3 is 1.40 bits per heavy atom. The number of benzene rings is 2. The molecule has 2 aromatic carbocycles. The molecule has 0 bridgehead atoms. The molecule has 20 heavy (non-hydrogen) atoms. The summed E-state index contributed by atoms with van der Waals surface area (Å²) in [5, 5.41) is 0. The zero-order valence-corrected chi connectivity index (χ0v) is 17.1. The Kier molecular flexibility index (Phi) is 5.27. The molecule has 0 aliphatic carbocycles. The summed E-state index contributed by atoms with van der Waals surface area (Å²) in [5.74, 6) is -0.0230. The minimum absolute atomic E-state index is 0.0230. The maximum Gasteiger partial charge on any atom is 0.195 e. The lowest BCUT2D eigenvalue weighted by Crippen LogP contribution is -2.05. The van der Waals surface area contributed by atoms with E-state index in [9.17, 15) is 4.79 Å². The number of hydrogen-bond acceptors (Lipinski definition) is 1. The summed E-state index contributed by atoms with van der Waals surface area (Å²) in [5.41, 5.74) is 3.44. The van der Waals surface area contributed by atoms with Gasteiger partial charge in [0.2, 0.25) is 0 Å². The van der Waals surface area contributed by atoms with Crippen molar-refractivity contribution in [2.75, 3.05) is 0 Å². The molecule has 1 nitrogen and oxygen atoms in total. The smallest absolute Gasteiger partial charge is 0.195 e. The van der Waals surface area contributed by atoms with E-state index in [-0.39, 0.29) is 5.78 Å². The van der Waals surface area contributed by atoms with E-state index in [1.165, 1.54) is 0 Å². The number of aryl methyl sites for hydroxylation is 2. The number of halogens is 4. The van der Waals surface area contributed by atoms with Crippen LogP contribution in [0.4, 0.5) is 0 Å². The minimum Gasteiger partial charge on any atom is -0.289 e. The van der Waals surface area contributed by atoms with Crippen molar-refractivity contribution in [3.63, 3.8) is 0 Å². The van der Waals surface area contributed by atoms with E-state index in [0.29, 0.717) is 11.1 Å². The van der Waals surface area contributed by atoms with Gasteiger partial charge in [0.1, 0.15) is 0 Å². The molecule has 0 saturated carbocycles. The monoisotopic (exact) mass is 522 g/mol. The Morgan fingerprint density at radius 2 is 1.05 bits per heavy atom. The van der Waals surface area contributed by atoms with Gasteiger partial charge in [-0.1, -0.05) is 12.1 Å². The molecule has 0 aromatic heterocycles. The molecule has 0 fully saturated rings. The van der Waals surface area contributed by atoms with E-state index in [2.05, 4.69) is 63.7 Å². The van der Waals surface area contributed by atoms with E-state index in [1.54, 1.807) is 0 Å². The van der Waals surface area contributed by atoms with Gasteiger partial charge in [0.15, 0.2) is 5.78 Å². The highest BCUT2D eigenvalue weighted by atomic mass is 79.9. The largest absolute Gasteiger partial charge is 0.289 e. The number of hydrogen-bond donors (Lipinski definition) is 0. The fourth-order valence-corrected chi connectivity index (χ4v) is 3.73. The van der Waals surface area contributed by atoms with E-state index in [1.807, 2.05) is 38.1 Å². The minimum atomic E-state index is -0.0230. The maximum atomic E-state index is 12.7. The summed E-state index contributed by atoms with van der Waals surface area (Å²) in [4.78, 5) is 12.7. The molecule has 0 aliphatic rings. The highest BCUT2D eigenvalue weighted by Crippen LogP contribution is 2.35. The Labute approximate surface area is 151 Å². The summed E-state index contributed by atoms with van der Waals surface area (Å²) in [6, 6.07) is 7.54. The van der Waals surface area contributed by atoms with Crippen molar-refractivity contribution in [1.82, 2.24) is 0 Å². The van der Waals surface area contributed by atoms with Crippen LogP contribution in [0.5, 0.6) is 0 Å². The van der Waals surface area contributed by atoms with Crippen molar-refractivity contribution < 1.29 is 4.79 Å². The fourth-order valence-electron chi connectivity index (χ4n) is 1.79. The Morgan fingerprint density at radius 1 is 0.700 bits per heavy atom. The number of ketones is 1. The van der Waals surface area contributed by atoms with E-state index < -0.39 is 0 Å². The van der Waals surface area contributed by atoms with Gasteiger partial charge in [0, 0.05) is 29.0 Å². The van der Waals surface area contributed by atoms with E-state index in [0.717, 1.165) is 29.0 Å². The van der Waals surface area contributed by atoms with Crippen LogP contribution in [0.2, 0.25) is 0 Å². The molecule has 0 spiro atoms. The van der Waals surface area contributed by atoms with Gasteiger partial charge in [-0.15, -0.1) is 0 Å². The third kappa shape index (κ3) is 2.96. The molecule has 2 rings (SSSR count). The second kappa shape index (κ2) is 6.42. The first kappa shape index (κ1) is 16.4. The van der Waals surface area contributed by atoms with Gasteiger partial charge in [-0.25, -0.2) is 0 Å². The molecule has 0 N–H and O–H groups in total. The third-order valence-corrected chi connectivity index (χ3v) is 7.80. The average Bonchev–Trinajstić information content (AvgIpc) is 2.42. The van der Waals surface area contributed by atoms with Crippen molar-refractivity contribution in [3.05, 3.63) is 64.4 Å². The molecular weight excluding hydrogens is 516 g/mol. The first-order valence-electron chi connectivity index (χ1n) is 5.78. The Bertz CT molecular complexity index is 648. The molecule has 0 atom stereocenters. The second-order valence-electron chi connectivity index (χ2n) is 4.45. The van der Waals surface area contributed by atoms with Crippen molar-refractivity contribution in [1.29, 1.82) is 0 Å². The summed E-state index contributed by atoms with van der Waals surface area (Å²) in [6.45, 7) is 3.98. The second-order valence-corrected chi connectivity index (χ2v) is 7.62. The van der Waals surface area contributed by atoms with Gasteiger partial charge in [0.05, 0.1) is 0 Å². The number of carbonyl (C=O) groups is 1. The molecule has 0 aliphatic heterocycles. The first-order chi connectivity index (χ1) is 9.34. The van der Waals surface area contributed by atoms with Gasteiger partial charge in [0.25, 0.3) is 0 Å². The van der Waals surface area contributed by atoms with Crippen LogP contribution in [0.15, 0.2) is 42.2 Å². The van der Waals surface area contributed by atoms with Gasteiger partial charge >= 0.3 is 0 Å². The topological polar surface area (TPSA) is 17.1 Å². The number of carbonyl (C=O) groups excluding carboxylic acids is 1. The van der Waals surface area contributed by atoms with Crippen LogP contribution in [0, 0.1) is 13.8 Å². The first-order valence-corrected chi connectivity index (χ1v) is 8.95. The van der Waals surface area contributed by atoms with Crippen molar-refractivity contribution >= 4 is 69.5 Å². The van der Waals surface area contributed by atoms with E-state index in [4.69, 9.17) is 0 Å². The molecule has 0 heterocycles. The van der Waals surface area contributed by atoms with Crippen molar-refractivity contribution in [2.45, 2.75) is 13.8 Å². The zero-order valence-electron chi connectivity index (χ0n) is 10.7. The predicted octanol–water partition coefficient (Wildman–Crippen LogP) is 6.58. The van der Waals surface area contributed by atoms with Gasteiger partial charge < -0.3 is 0 Å². The molecule has 104 valence electrons. The maximum absolute atomic E-state index is 12.7. The van der Waals surface area contributed by atoms with Crippen LogP contribution in [0.3, 0.4) is 0 Å². The summed E-state index contributed by atoms with van der Waals surface area (Å²) in [6.07, 6.45) is 0. The van der Waals surface area contributed by atoms with Crippen molar-refractivity contribution in [2.24, 2.45) is 0 Å². The fraction of sp³-hybridized carbons (Fsp3) is 0.133. The van der Waals surface area contributed by atoms with Crippen LogP contribution < -0.4 is 0 Å². The molecule has 0 unspecified atom stereocenters. The highest BCUT2D eigenvalue weighted by molar-refractivity contribution is 9.13. The summed E-state index contributed by atoms with van der Waals surface area (Å²) < 4.78 is 3.38. The predicted molar refractivity (Wildman–Crippen MR) is 96.6 cm³/mol.